The van der Waals surface area contributed by atoms with Gasteiger partial charge in [-0.3, -0.25) is 0 Å². The Labute approximate surface area is 84.4 Å². The zero-order chi connectivity index (χ0) is 10.1. The van der Waals surface area contributed by atoms with E-state index in [0.717, 1.165) is 0 Å². The van der Waals surface area contributed by atoms with Gasteiger partial charge in [0.15, 0.2) is 0 Å². The molecule has 2 rings (SSSR count). The van der Waals surface area contributed by atoms with Gasteiger partial charge in [-0.2, -0.15) is 0 Å². The summed E-state index contributed by atoms with van der Waals surface area (Å²) >= 11 is 0. The van der Waals surface area contributed by atoms with Crippen molar-refractivity contribution < 1.29 is 0 Å². The number of aryl methyl sites for hydroxylation is 1. The molecule has 0 spiro atoms. The van der Waals surface area contributed by atoms with E-state index in [1.54, 1.807) is 0 Å². The fourth-order valence-corrected chi connectivity index (χ4v) is 1.83. The molecule has 1 unspecified atom stereocenters. The monoisotopic (exact) mass is 183 g/mol. The predicted molar refractivity (Wildman–Crippen MR) is 60.2 cm³/mol. The van der Waals surface area contributed by atoms with Crippen molar-refractivity contribution in [3.8, 4) is 12.3 Å². The number of para-hydroxylation sites is 1. The van der Waals surface area contributed by atoms with Crippen LogP contribution >= 0.6 is 0 Å². The van der Waals surface area contributed by atoms with E-state index in [9.17, 15) is 0 Å². The summed E-state index contributed by atoms with van der Waals surface area (Å²) in [6, 6.07) is 8.39. The smallest absolute Gasteiger partial charge is 0.0522 e. The average Bonchev–Trinajstić information content (AvgIpc) is 2.59. The molecule has 70 valence electrons. The maximum atomic E-state index is 5.45. The van der Waals surface area contributed by atoms with Crippen molar-refractivity contribution in [3.63, 3.8) is 0 Å². The molecular formula is C13H13N. The van der Waals surface area contributed by atoms with Gasteiger partial charge in [0.25, 0.3) is 0 Å². The number of aromatic nitrogens is 1. The van der Waals surface area contributed by atoms with Crippen LogP contribution in [0, 0.1) is 12.3 Å². The maximum absolute atomic E-state index is 5.45. The summed E-state index contributed by atoms with van der Waals surface area (Å²) < 4.78 is 2.12. The van der Waals surface area contributed by atoms with E-state index in [2.05, 4.69) is 54.9 Å². The van der Waals surface area contributed by atoms with Crippen molar-refractivity contribution in [3.05, 3.63) is 36.0 Å². The van der Waals surface area contributed by atoms with E-state index in [4.69, 9.17) is 6.42 Å². The molecule has 1 heteroatoms. The number of hydrogen-bond acceptors (Lipinski definition) is 0. The van der Waals surface area contributed by atoms with E-state index in [-0.39, 0.29) is 5.92 Å². The normalized spacial score (nSPS) is 12.6. The van der Waals surface area contributed by atoms with Crippen LogP contribution in [0.4, 0.5) is 0 Å². The minimum atomic E-state index is 0.173. The van der Waals surface area contributed by atoms with Crippen LogP contribution in [-0.2, 0) is 7.05 Å². The van der Waals surface area contributed by atoms with Crippen molar-refractivity contribution >= 4 is 10.9 Å². The maximum Gasteiger partial charge on any atom is 0.0522 e. The lowest BCUT2D eigenvalue weighted by Gasteiger charge is -2.08. The third-order valence-electron chi connectivity index (χ3n) is 2.65. The highest BCUT2D eigenvalue weighted by molar-refractivity contribution is 5.84. The number of nitrogens with zero attached hydrogens (tertiary/aromatic N) is 1. The summed E-state index contributed by atoms with van der Waals surface area (Å²) in [5.41, 5.74) is 2.48. The van der Waals surface area contributed by atoms with Gasteiger partial charge >= 0.3 is 0 Å². The molecule has 0 saturated carbocycles. The average molecular weight is 183 g/mol. The lowest BCUT2D eigenvalue weighted by Crippen LogP contribution is -1.95. The van der Waals surface area contributed by atoms with Gasteiger partial charge in [0, 0.05) is 19.2 Å². The van der Waals surface area contributed by atoms with Crippen molar-refractivity contribution in [2.45, 2.75) is 12.8 Å². The zero-order valence-electron chi connectivity index (χ0n) is 8.49. The third kappa shape index (κ3) is 1.20. The topological polar surface area (TPSA) is 4.93 Å². The molecule has 0 bridgehead atoms. The first kappa shape index (κ1) is 8.90. The minimum absolute atomic E-state index is 0.173. The highest BCUT2D eigenvalue weighted by atomic mass is 14.9. The largest absolute Gasteiger partial charge is 0.350 e. The van der Waals surface area contributed by atoms with Crippen LogP contribution in [-0.4, -0.2) is 4.57 Å². The van der Waals surface area contributed by atoms with E-state index < -0.39 is 0 Å². The van der Waals surface area contributed by atoms with Gasteiger partial charge in [-0.15, -0.1) is 6.42 Å². The molecule has 0 aliphatic carbocycles. The molecule has 0 radical (unpaired) electrons. The second kappa shape index (κ2) is 3.23. The molecule has 2 aromatic rings. The molecule has 14 heavy (non-hydrogen) atoms. The molecule has 0 fully saturated rings. The second-order valence-electron chi connectivity index (χ2n) is 3.60. The summed E-state index contributed by atoms with van der Waals surface area (Å²) in [6.07, 6.45) is 7.52. The molecule has 0 aliphatic rings. The highest BCUT2D eigenvalue weighted by Gasteiger charge is 2.08. The Balaban J connectivity index is 2.76. The number of terminal acetylenes is 1. The van der Waals surface area contributed by atoms with E-state index in [1.807, 2.05) is 0 Å². The van der Waals surface area contributed by atoms with Gasteiger partial charge in [-0.1, -0.05) is 24.1 Å². The van der Waals surface area contributed by atoms with E-state index in [1.165, 1.54) is 16.5 Å². The standard InChI is InChI=1S/C13H13N/c1-4-10(2)12-7-5-6-11-8-9-14(3)13(11)12/h1,5-10H,2-3H3. The first-order valence-electron chi connectivity index (χ1n) is 4.74. The van der Waals surface area contributed by atoms with Gasteiger partial charge < -0.3 is 4.57 Å². The SMILES string of the molecule is C#CC(C)c1cccc2ccn(C)c12. The van der Waals surface area contributed by atoms with Gasteiger partial charge in [-0.25, -0.2) is 0 Å². The Bertz CT molecular complexity index is 499. The summed E-state index contributed by atoms with van der Waals surface area (Å²) in [6.45, 7) is 2.06. The highest BCUT2D eigenvalue weighted by Crippen LogP contribution is 2.25. The van der Waals surface area contributed by atoms with Crippen LogP contribution in [0.25, 0.3) is 10.9 Å². The lowest BCUT2D eigenvalue weighted by atomic mass is 10.00. The summed E-state index contributed by atoms with van der Waals surface area (Å²) in [5.74, 6) is 2.95. The first-order valence-corrected chi connectivity index (χ1v) is 4.74. The van der Waals surface area contributed by atoms with Gasteiger partial charge in [0.05, 0.1) is 5.52 Å². The molecule has 1 aromatic carbocycles. The first-order chi connectivity index (χ1) is 6.74. The van der Waals surface area contributed by atoms with Crippen LogP contribution in [0.5, 0.6) is 0 Å². The predicted octanol–water partition coefficient (Wildman–Crippen LogP) is 2.92. The molecule has 1 nitrogen and oxygen atoms in total. The number of fused-ring (bicyclic) bond motifs is 1. The van der Waals surface area contributed by atoms with Crippen molar-refractivity contribution in [1.29, 1.82) is 0 Å². The second-order valence-corrected chi connectivity index (χ2v) is 3.60. The number of rotatable bonds is 1. The van der Waals surface area contributed by atoms with Crippen LogP contribution in [0.3, 0.4) is 0 Å². The lowest BCUT2D eigenvalue weighted by molar-refractivity contribution is 0.936. The molecule has 1 aromatic heterocycles. The Morgan fingerprint density at radius 2 is 2.14 bits per heavy atom. The van der Waals surface area contributed by atoms with Crippen LogP contribution in [0.15, 0.2) is 30.5 Å². The number of hydrogen-bond donors (Lipinski definition) is 0. The molecule has 0 N–H and O–H groups in total. The van der Waals surface area contributed by atoms with Crippen molar-refractivity contribution in [2.24, 2.45) is 7.05 Å². The third-order valence-corrected chi connectivity index (χ3v) is 2.65. The quantitative estimate of drug-likeness (QED) is 0.599. The molecular weight excluding hydrogens is 170 g/mol. The van der Waals surface area contributed by atoms with E-state index >= 15 is 0 Å². The van der Waals surface area contributed by atoms with Gasteiger partial charge in [-0.05, 0) is 23.9 Å². The summed E-state index contributed by atoms with van der Waals surface area (Å²) in [7, 11) is 2.05. The summed E-state index contributed by atoms with van der Waals surface area (Å²) in [5, 5.41) is 1.26. The van der Waals surface area contributed by atoms with E-state index in [0.29, 0.717) is 0 Å². The Kier molecular flexibility index (Phi) is 2.05. The molecule has 1 heterocycles. The zero-order valence-corrected chi connectivity index (χ0v) is 8.49. The summed E-state index contributed by atoms with van der Waals surface area (Å²) in [4.78, 5) is 0. The van der Waals surface area contributed by atoms with Crippen LogP contribution in [0.1, 0.15) is 18.4 Å². The van der Waals surface area contributed by atoms with Crippen LogP contribution in [0.2, 0.25) is 0 Å². The fraction of sp³-hybridized carbons (Fsp3) is 0.231. The van der Waals surface area contributed by atoms with Crippen LogP contribution < -0.4 is 0 Å². The fourth-order valence-electron chi connectivity index (χ4n) is 1.83. The minimum Gasteiger partial charge on any atom is -0.350 e. The van der Waals surface area contributed by atoms with Crippen molar-refractivity contribution in [2.75, 3.05) is 0 Å². The number of benzene rings is 1. The van der Waals surface area contributed by atoms with Gasteiger partial charge in [0.1, 0.15) is 0 Å². The molecule has 1 atom stereocenters. The van der Waals surface area contributed by atoms with Crippen molar-refractivity contribution in [1.82, 2.24) is 4.57 Å². The Morgan fingerprint density at radius 3 is 2.86 bits per heavy atom. The molecule has 0 amide bonds. The molecule has 0 saturated heterocycles. The Morgan fingerprint density at radius 1 is 1.36 bits per heavy atom. The molecule has 0 aliphatic heterocycles. The Hall–Kier alpha value is -1.68. The van der Waals surface area contributed by atoms with Gasteiger partial charge in [0.2, 0.25) is 0 Å².